The first-order chi connectivity index (χ1) is 9.50. The van der Waals surface area contributed by atoms with E-state index in [0.717, 1.165) is 0 Å². The third-order valence-electron chi connectivity index (χ3n) is 3.46. The van der Waals surface area contributed by atoms with Gasteiger partial charge in [-0.15, -0.1) is 0 Å². The van der Waals surface area contributed by atoms with Crippen molar-refractivity contribution in [3.63, 3.8) is 0 Å². The lowest BCUT2D eigenvalue weighted by molar-refractivity contribution is 0.389. The van der Waals surface area contributed by atoms with Crippen LogP contribution in [0.3, 0.4) is 0 Å². The molecule has 0 aliphatic carbocycles. The van der Waals surface area contributed by atoms with E-state index in [1.807, 2.05) is 0 Å². The molecule has 20 heavy (non-hydrogen) atoms. The fraction of sp³-hybridized carbons (Fsp3) is 0.545. The lowest BCUT2D eigenvalue weighted by Crippen LogP contribution is -2.29. The van der Waals surface area contributed by atoms with E-state index in [4.69, 9.17) is 9.05 Å². The minimum Gasteiger partial charge on any atom is -0.360 e. The molecule has 1 atom stereocenters. The van der Waals surface area contributed by atoms with E-state index in [1.54, 1.807) is 13.8 Å². The van der Waals surface area contributed by atoms with Crippen molar-refractivity contribution in [3.8, 4) is 0 Å². The minimum atomic E-state index is -3.59. The highest BCUT2D eigenvalue weighted by Gasteiger charge is 2.37. The zero-order chi connectivity index (χ0) is 14.3. The van der Waals surface area contributed by atoms with Crippen molar-refractivity contribution in [2.24, 2.45) is 0 Å². The van der Waals surface area contributed by atoms with E-state index in [0.29, 0.717) is 36.8 Å². The number of sulfonamides is 1. The Morgan fingerprint density at radius 3 is 2.75 bits per heavy atom. The lowest BCUT2D eigenvalue weighted by atomic mass is 10.1. The van der Waals surface area contributed by atoms with Crippen molar-refractivity contribution in [3.05, 3.63) is 23.7 Å². The number of aryl methyl sites for hydroxylation is 2. The molecule has 0 amide bonds. The molecule has 0 spiro atoms. The van der Waals surface area contributed by atoms with Crippen LogP contribution < -0.4 is 0 Å². The summed E-state index contributed by atoms with van der Waals surface area (Å²) < 4.78 is 36.3. The van der Waals surface area contributed by atoms with Gasteiger partial charge < -0.3 is 9.05 Å². The first kappa shape index (κ1) is 13.3. The van der Waals surface area contributed by atoms with Crippen LogP contribution in [-0.4, -0.2) is 41.1 Å². The SMILES string of the molecule is Cc1noc(C)c1S(=O)(=O)N1CC[C@@H](c2ncon2)C1. The fourth-order valence-electron chi connectivity index (χ4n) is 2.49. The van der Waals surface area contributed by atoms with E-state index in [1.165, 1.54) is 10.7 Å². The van der Waals surface area contributed by atoms with Gasteiger partial charge in [0.15, 0.2) is 11.6 Å². The summed E-state index contributed by atoms with van der Waals surface area (Å²) in [5.41, 5.74) is 0.380. The van der Waals surface area contributed by atoms with E-state index >= 15 is 0 Å². The molecule has 3 heterocycles. The average Bonchev–Trinajstić information content (AvgIpc) is 3.08. The highest BCUT2D eigenvalue weighted by molar-refractivity contribution is 7.89. The van der Waals surface area contributed by atoms with Crippen LogP contribution in [0.1, 0.15) is 29.6 Å². The molecule has 0 radical (unpaired) electrons. The molecule has 2 aromatic rings. The molecule has 1 saturated heterocycles. The van der Waals surface area contributed by atoms with Gasteiger partial charge in [0, 0.05) is 19.0 Å². The minimum absolute atomic E-state index is 0.0380. The van der Waals surface area contributed by atoms with Crippen molar-refractivity contribution in [1.29, 1.82) is 0 Å². The first-order valence-electron chi connectivity index (χ1n) is 6.19. The zero-order valence-corrected chi connectivity index (χ0v) is 11.9. The van der Waals surface area contributed by atoms with Crippen LogP contribution in [0.15, 0.2) is 20.3 Å². The standard InChI is InChI=1S/C11H14N4O4S/c1-7-10(8(2)19-13-7)20(16,17)15-4-3-9(5-15)11-12-6-18-14-11/h6,9H,3-5H2,1-2H3/t9-/m1/s1. The maximum absolute atomic E-state index is 12.6. The smallest absolute Gasteiger partial charge is 0.248 e. The van der Waals surface area contributed by atoms with Gasteiger partial charge in [-0.2, -0.15) is 9.29 Å². The third-order valence-corrected chi connectivity index (χ3v) is 5.57. The van der Waals surface area contributed by atoms with Crippen molar-refractivity contribution in [1.82, 2.24) is 19.6 Å². The van der Waals surface area contributed by atoms with E-state index in [9.17, 15) is 8.42 Å². The van der Waals surface area contributed by atoms with Crippen LogP contribution in [-0.2, 0) is 10.0 Å². The Hall–Kier alpha value is -1.74. The highest BCUT2D eigenvalue weighted by atomic mass is 32.2. The van der Waals surface area contributed by atoms with Gasteiger partial charge in [0.25, 0.3) is 0 Å². The number of aromatic nitrogens is 3. The highest BCUT2D eigenvalue weighted by Crippen LogP contribution is 2.31. The van der Waals surface area contributed by atoms with Crippen LogP contribution in [0.2, 0.25) is 0 Å². The molecule has 0 N–H and O–H groups in total. The molecule has 3 rings (SSSR count). The second-order valence-corrected chi connectivity index (χ2v) is 6.67. The van der Waals surface area contributed by atoms with Gasteiger partial charge in [0.1, 0.15) is 10.6 Å². The van der Waals surface area contributed by atoms with Crippen molar-refractivity contribution >= 4 is 10.0 Å². The third kappa shape index (κ3) is 2.02. The summed E-state index contributed by atoms with van der Waals surface area (Å²) in [6.07, 6.45) is 1.92. The number of nitrogens with zero attached hydrogens (tertiary/aromatic N) is 4. The van der Waals surface area contributed by atoms with Gasteiger partial charge in [-0.05, 0) is 20.3 Å². The molecule has 1 aliphatic rings. The average molecular weight is 298 g/mol. The normalized spacial score (nSPS) is 20.6. The predicted molar refractivity (Wildman–Crippen MR) is 66.4 cm³/mol. The van der Waals surface area contributed by atoms with E-state index in [-0.39, 0.29) is 10.8 Å². The molecule has 1 fully saturated rings. The van der Waals surface area contributed by atoms with Gasteiger partial charge in [-0.25, -0.2) is 8.42 Å². The Labute approximate surface area is 115 Å². The summed E-state index contributed by atoms with van der Waals surface area (Å²) in [6, 6.07) is 0. The van der Waals surface area contributed by atoms with Gasteiger partial charge in [-0.3, -0.25) is 0 Å². The van der Waals surface area contributed by atoms with E-state index < -0.39 is 10.0 Å². The maximum atomic E-state index is 12.6. The first-order valence-corrected chi connectivity index (χ1v) is 7.63. The van der Waals surface area contributed by atoms with Crippen molar-refractivity contribution in [2.45, 2.75) is 31.1 Å². The molecule has 8 nitrogen and oxygen atoms in total. The van der Waals surface area contributed by atoms with Crippen LogP contribution in [0.4, 0.5) is 0 Å². The Morgan fingerprint density at radius 2 is 2.15 bits per heavy atom. The Morgan fingerprint density at radius 1 is 1.35 bits per heavy atom. The van der Waals surface area contributed by atoms with Crippen LogP contribution >= 0.6 is 0 Å². The molecule has 0 saturated carbocycles. The zero-order valence-electron chi connectivity index (χ0n) is 11.1. The van der Waals surface area contributed by atoms with Crippen LogP contribution in [0.25, 0.3) is 0 Å². The molecule has 1 aliphatic heterocycles. The molecular weight excluding hydrogens is 284 g/mol. The predicted octanol–water partition coefficient (Wildman–Crippen LogP) is 0.853. The lowest BCUT2D eigenvalue weighted by Gasteiger charge is -2.15. The second kappa shape index (κ2) is 4.67. The van der Waals surface area contributed by atoms with Crippen LogP contribution in [0.5, 0.6) is 0 Å². The molecule has 0 bridgehead atoms. The molecule has 0 aromatic carbocycles. The number of rotatable bonds is 3. The molecule has 0 unspecified atom stereocenters. The molecular formula is C11H14N4O4S. The summed E-state index contributed by atoms with van der Waals surface area (Å²) in [7, 11) is -3.59. The summed E-state index contributed by atoms with van der Waals surface area (Å²) in [5.74, 6) is 0.816. The van der Waals surface area contributed by atoms with Crippen molar-refractivity contribution < 1.29 is 17.5 Å². The summed E-state index contributed by atoms with van der Waals surface area (Å²) in [5, 5.41) is 7.48. The molecule has 9 heteroatoms. The van der Waals surface area contributed by atoms with E-state index in [2.05, 4.69) is 15.3 Å². The topological polar surface area (TPSA) is 102 Å². The maximum Gasteiger partial charge on any atom is 0.248 e. The van der Waals surface area contributed by atoms with Gasteiger partial charge in [0.2, 0.25) is 16.4 Å². The van der Waals surface area contributed by atoms with Gasteiger partial charge in [-0.1, -0.05) is 10.3 Å². The summed E-state index contributed by atoms with van der Waals surface area (Å²) >= 11 is 0. The Balaban J connectivity index is 1.87. The second-order valence-electron chi connectivity index (χ2n) is 4.79. The number of hydrogen-bond acceptors (Lipinski definition) is 7. The van der Waals surface area contributed by atoms with Crippen LogP contribution in [0, 0.1) is 13.8 Å². The van der Waals surface area contributed by atoms with Gasteiger partial charge in [0.05, 0.1) is 0 Å². The monoisotopic (exact) mass is 298 g/mol. The Kier molecular flexibility index (Phi) is 3.09. The summed E-state index contributed by atoms with van der Waals surface area (Å²) in [4.78, 5) is 4.14. The molecule has 108 valence electrons. The van der Waals surface area contributed by atoms with Gasteiger partial charge >= 0.3 is 0 Å². The Bertz CT molecular complexity index is 687. The fourth-order valence-corrected chi connectivity index (χ4v) is 4.28. The number of hydrogen-bond donors (Lipinski definition) is 0. The summed E-state index contributed by atoms with van der Waals surface area (Å²) in [6.45, 7) is 3.98. The molecule has 2 aromatic heterocycles. The quantitative estimate of drug-likeness (QED) is 0.827. The van der Waals surface area contributed by atoms with Crippen molar-refractivity contribution in [2.75, 3.05) is 13.1 Å². The largest absolute Gasteiger partial charge is 0.360 e.